The molecule has 6 heteroatoms. The van der Waals surface area contributed by atoms with Gasteiger partial charge in [-0.3, -0.25) is 4.79 Å². The molecular weight excluding hydrogens is 324 g/mol. The van der Waals surface area contributed by atoms with Crippen LogP contribution in [-0.4, -0.2) is 37.0 Å². The first-order valence-electron chi connectivity index (χ1n) is 6.71. The van der Waals surface area contributed by atoms with Gasteiger partial charge in [0.25, 0.3) is 5.91 Å². The fourth-order valence-corrected chi connectivity index (χ4v) is 3.66. The highest BCUT2D eigenvalue weighted by Gasteiger charge is 2.23. The quantitative estimate of drug-likeness (QED) is 0.845. The van der Waals surface area contributed by atoms with Crippen molar-refractivity contribution in [1.82, 2.24) is 4.90 Å². The van der Waals surface area contributed by atoms with Crippen molar-refractivity contribution in [3.63, 3.8) is 0 Å². The third-order valence-corrected chi connectivity index (χ3v) is 5.16. The van der Waals surface area contributed by atoms with Gasteiger partial charge in [-0.25, -0.2) is 0 Å². The SMILES string of the molecule is O=C(c1cc(S)cs1)N1CCN(c2ccc(Cl)cc2)CC1. The molecule has 1 aromatic heterocycles. The Morgan fingerprint density at radius 3 is 2.38 bits per heavy atom. The largest absolute Gasteiger partial charge is 0.368 e. The molecule has 110 valence electrons. The number of nitrogens with zero attached hydrogens (tertiary/aromatic N) is 2. The van der Waals surface area contributed by atoms with Crippen LogP contribution >= 0.6 is 35.6 Å². The maximum atomic E-state index is 12.4. The molecule has 0 radical (unpaired) electrons. The summed E-state index contributed by atoms with van der Waals surface area (Å²) < 4.78 is 0. The van der Waals surface area contributed by atoms with E-state index in [1.54, 1.807) is 0 Å². The smallest absolute Gasteiger partial charge is 0.264 e. The minimum atomic E-state index is 0.107. The van der Waals surface area contributed by atoms with E-state index in [1.165, 1.54) is 11.3 Å². The van der Waals surface area contributed by atoms with Crippen molar-refractivity contribution in [2.24, 2.45) is 0 Å². The van der Waals surface area contributed by atoms with E-state index in [-0.39, 0.29) is 5.91 Å². The molecule has 21 heavy (non-hydrogen) atoms. The summed E-state index contributed by atoms with van der Waals surface area (Å²) in [6.07, 6.45) is 0. The average molecular weight is 339 g/mol. The van der Waals surface area contributed by atoms with Gasteiger partial charge < -0.3 is 9.80 Å². The minimum Gasteiger partial charge on any atom is -0.368 e. The van der Waals surface area contributed by atoms with Crippen molar-refractivity contribution in [3.8, 4) is 0 Å². The van der Waals surface area contributed by atoms with Crippen molar-refractivity contribution in [2.75, 3.05) is 31.1 Å². The Hall–Kier alpha value is -1.17. The lowest BCUT2D eigenvalue weighted by Gasteiger charge is -2.36. The minimum absolute atomic E-state index is 0.107. The Balaban J connectivity index is 1.62. The van der Waals surface area contributed by atoms with Crippen molar-refractivity contribution in [1.29, 1.82) is 0 Å². The predicted octanol–water partition coefficient (Wildman–Crippen LogP) is 3.65. The van der Waals surface area contributed by atoms with Crippen molar-refractivity contribution in [3.05, 3.63) is 45.6 Å². The third kappa shape index (κ3) is 3.36. The fourth-order valence-electron chi connectivity index (χ4n) is 2.41. The highest BCUT2D eigenvalue weighted by atomic mass is 35.5. The van der Waals surface area contributed by atoms with E-state index in [2.05, 4.69) is 17.5 Å². The lowest BCUT2D eigenvalue weighted by molar-refractivity contribution is 0.0751. The molecule has 0 atom stereocenters. The van der Waals surface area contributed by atoms with Gasteiger partial charge in [0, 0.05) is 47.2 Å². The normalized spacial score (nSPS) is 15.3. The van der Waals surface area contributed by atoms with Crippen LogP contribution < -0.4 is 4.90 Å². The Labute approximate surface area is 138 Å². The van der Waals surface area contributed by atoms with Crippen LogP contribution in [-0.2, 0) is 0 Å². The van der Waals surface area contributed by atoms with E-state index < -0.39 is 0 Å². The monoisotopic (exact) mass is 338 g/mol. The van der Waals surface area contributed by atoms with Crippen LogP contribution in [0, 0.1) is 0 Å². The number of amides is 1. The number of anilines is 1. The van der Waals surface area contributed by atoms with E-state index in [1.807, 2.05) is 40.6 Å². The molecule has 0 unspecified atom stereocenters. The van der Waals surface area contributed by atoms with Gasteiger partial charge in [-0.1, -0.05) is 11.6 Å². The van der Waals surface area contributed by atoms with Gasteiger partial charge in [0.15, 0.2) is 0 Å². The number of rotatable bonds is 2. The van der Waals surface area contributed by atoms with Crippen LogP contribution in [0.3, 0.4) is 0 Å². The van der Waals surface area contributed by atoms with Crippen LogP contribution in [0.4, 0.5) is 5.69 Å². The number of thiol groups is 1. The number of hydrogen-bond donors (Lipinski definition) is 1. The average Bonchev–Trinajstić information content (AvgIpc) is 2.94. The number of hydrogen-bond acceptors (Lipinski definition) is 4. The first-order chi connectivity index (χ1) is 10.1. The van der Waals surface area contributed by atoms with Crippen molar-refractivity contribution in [2.45, 2.75) is 4.90 Å². The molecule has 3 rings (SSSR count). The van der Waals surface area contributed by atoms with E-state index in [0.717, 1.165) is 46.7 Å². The third-order valence-electron chi connectivity index (χ3n) is 3.56. The first kappa shape index (κ1) is 14.8. The van der Waals surface area contributed by atoms with Crippen LogP contribution in [0.2, 0.25) is 5.02 Å². The number of piperazine rings is 1. The Bertz CT molecular complexity index is 633. The zero-order valence-corrected chi connectivity index (χ0v) is 13.8. The Morgan fingerprint density at radius 2 is 1.81 bits per heavy atom. The summed E-state index contributed by atoms with van der Waals surface area (Å²) in [5.41, 5.74) is 1.15. The van der Waals surface area contributed by atoms with Crippen LogP contribution in [0.25, 0.3) is 0 Å². The molecule has 2 aromatic rings. The second-order valence-corrected chi connectivity index (χ2v) is 6.79. The van der Waals surface area contributed by atoms with E-state index in [4.69, 9.17) is 11.6 Å². The summed E-state index contributed by atoms with van der Waals surface area (Å²) in [6, 6.07) is 9.67. The Kier molecular flexibility index (Phi) is 4.42. The van der Waals surface area contributed by atoms with E-state index in [0.29, 0.717) is 0 Å². The molecule has 0 saturated carbocycles. The van der Waals surface area contributed by atoms with Crippen LogP contribution in [0.5, 0.6) is 0 Å². The van der Waals surface area contributed by atoms with Gasteiger partial charge in [-0.2, -0.15) is 0 Å². The summed E-state index contributed by atoms with van der Waals surface area (Å²) in [7, 11) is 0. The molecule has 1 amide bonds. The fraction of sp³-hybridized carbons (Fsp3) is 0.267. The number of benzene rings is 1. The highest BCUT2D eigenvalue weighted by Crippen LogP contribution is 2.22. The Morgan fingerprint density at radius 1 is 1.14 bits per heavy atom. The van der Waals surface area contributed by atoms with Crippen molar-refractivity contribution >= 4 is 47.2 Å². The summed E-state index contributed by atoms with van der Waals surface area (Å²) in [5, 5.41) is 2.63. The van der Waals surface area contributed by atoms with E-state index in [9.17, 15) is 4.79 Å². The zero-order valence-electron chi connectivity index (χ0n) is 11.3. The molecule has 1 aliphatic heterocycles. The molecule has 0 spiro atoms. The van der Waals surface area contributed by atoms with Gasteiger partial charge in [-0.05, 0) is 30.3 Å². The lowest BCUT2D eigenvalue weighted by Crippen LogP contribution is -2.48. The topological polar surface area (TPSA) is 23.6 Å². The van der Waals surface area contributed by atoms with Gasteiger partial charge >= 0.3 is 0 Å². The number of carbonyl (C=O) groups excluding carboxylic acids is 1. The molecule has 1 fully saturated rings. The molecule has 0 bridgehead atoms. The second-order valence-electron chi connectivity index (χ2n) is 4.92. The molecule has 3 nitrogen and oxygen atoms in total. The molecule has 0 N–H and O–H groups in total. The molecule has 1 aliphatic rings. The summed E-state index contributed by atoms with van der Waals surface area (Å²) in [4.78, 5) is 18.2. The number of carbonyl (C=O) groups is 1. The number of thiophene rings is 1. The molecule has 1 aromatic carbocycles. The summed E-state index contributed by atoms with van der Waals surface area (Å²) >= 11 is 11.6. The van der Waals surface area contributed by atoms with E-state index >= 15 is 0 Å². The van der Waals surface area contributed by atoms with Gasteiger partial charge in [0.1, 0.15) is 0 Å². The molecular formula is C15H15ClN2OS2. The highest BCUT2D eigenvalue weighted by molar-refractivity contribution is 7.80. The molecule has 2 heterocycles. The number of halogens is 1. The first-order valence-corrected chi connectivity index (χ1v) is 8.41. The van der Waals surface area contributed by atoms with Crippen molar-refractivity contribution < 1.29 is 4.79 Å². The van der Waals surface area contributed by atoms with Crippen LogP contribution in [0.1, 0.15) is 9.67 Å². The maximum Gasteiger partial charge on any atom is 0.264 e. The van der Waals surface area contributed by atoms with Gasteiger partial charge in [-0.15, -0.1) is 24.0 Å². The summed E-state index contributed by atoms with van der Waals surface area (Å²) in [5.74, 6) is 0.107. The standard InChI is InChI=1S/C15H15ClN2OS2/c16-11-1-3-12(4-2-11)17-5-7-18(8-6-17)15(19)14-9-13(20)10-21-14/h1-4,9-10,20H,5-8H2. The predicted molar refractivity (Wildman–Crippen MR) is 91.1 cm³/mol. The summed E-state index contributed by atoms with van der Waals surface area (Å²) in [6.45, 7) is 3.15. The second kappa shape index (κ2) is 6.30. The lowest BCUT2D eigenvalue weighted by atomic mass is 10.2. The molecule has 0 aliphatic carbocycles. The van der Waals surface area contributed by atoms with Gasteiger partial charge in [0.2, 0.25) is 0 Å². The maximum absolute atomic E-state index is 12.4. The zero-order chi connectivity index (χ0) is 14.8. The van der Waals surface area contributed by atoms with Gasteiger partial charge in [0.05, 0.1) is 4.88 Å². The van der Waals surface area contributed by atoms with Crippen LogP contribution in [0.15, 0.2) is 40.6 Å². The molecule has 1 saturated heterocycles.